The van der Waals surface area contributed by atoms with Gasteiger partial charge in [0.25, 0.3) is 5.69 Å². The minimum atomic E-state index is -0.450. The van der Waals surface area contributed by atoms with E-state index < -0.39 is 4.92 Å². The molecule has 1 rings (SSSR count). The molecule has 19 heavy (non-hydrogen) atoms. The number of hydrogen-bond donors (Lipinski definition) is 1. The zero-order chi connectivity index (χ0) is 14.4. The van der Waals surface area contributed by atoms with E-state index in [-0.39, 0.29) is 5.69 Å². The van der Waals surface area contributed by atoms with Gasteiger partial charge in [-0.2, -0.15) is 0 Å². The van der Waals surface area contributed by atoms with Crippen LogP contribution in [0.15, 0.2) is 34.8 Å². The Bertz CT molecular complexity index is 475. The Morgan fingerprint density at radius 1 is 1.58 bits per heavy atom. The van der Waals surface area contributed by atoms with Crippen LogP contribution in [0, 0.1) is 10.1 Å². The average molecular weight is 329 g/mol. The summed E-state index contributed by atoms with van der Waals surface area (Å²) in [6, 6.07) is 4.79. The van der Waals surface area contributed by atoms with Gasteiger partial charge in [0, 0.05) is 18.7 Å². The van der Waals surface area contributed by atoms with Gasteiger partial charge in [-0.1, -0.05) is 20.4 Å². The first-order valence-corrected chi connectivity index (χ1v) is 6.66. The largest absolute Gasteiger partial charge is 0.488 e. The second kappa shape index (κ2) is 7.25. The number of benzene rings is 1. The molecule has 5 nitrogen and oxygen atoms in total. The second-order valence-corrected chi connectivity index (χ2v) is 5.30. The molecule has 0 bridgehead atoms. The zero-order valence-corrected chi connectivity index (χ0v) is 12.6. The molecular formula is C13H17BrN2O3. The molecule has 0 saturated carbocycles. The lowest BCUT2D eigenvalue weighted by Crippen LogP contribution is -2.26. The van der Waals surface area contributed by atoms with Gasteiger partial charge in [-0.25, -0.2) is 0 Å². The van der Waals surface area contributed by atoms with E-state index in [4.69, 9.17) is 4.74 Å². The maximum absolute atomic E-state index is 10.7. The van der Waals surface area contributed by atoms with Gasteiger partial charge >= 0.3 is 0 Å². The van der Waals surface area contributed by atoms with Gasteiger partial charge in [0.15, 0.2) is 0 Å². The Kier molecular flexibility index (Phi) is 5.98. The predicted octanol–water partition coefficient (Wildman–Crippen LogP) is 3.29. The van der Waals surface area contributed by atoms with Crippen LogP contribution >= 0.6 is 15.9 Å². The fraction of sp³-hybridized carbons (Fsp3) is 0.385. The molecule has 1 aromatic rings. The Morgan fingerprint density at radius 2 is 2.26 bits per heavy atom. The third-order valence-electron chi connectivity index (χ3n) is 2.32. The van der Waals surface area contributed by atoms with Crippen LogP contribution in [0.2, 0.25) is 0 Å². The molecule has 1 N–H and O–H groups in total. The standard InChI is InChI=1S/C13H17BrN2O3/c1-9(2)15-7-10(3)8-19-13-6-11(16(17)18)4-5-12(13)14/h4-6,9,15H,3,7-8H2,1-2H3. The minimum Gasteiger partial charge on any atom is -0.488 e. The summed E-state index contributed by atoms with van der Waals surface area (Å²) in [5, 5.41) is 13.9. The van der Waals surface area contributed by atoms with E-state index in [1.165, 1.54) is 12.1 Å². The fourth-order valence-electron chi connectivity index (χ4n) is 1.30. The summed E-state index contributed by atoms with van der Waals surface area (Å²) >= 11 is 3.30. The average Bonchev–Trinajstić information content (AvgIpc) is 2.35. The Labute approximate surface area is 120 Å². The lowest BCUT2D eigenvalue weighted by molar-refractivity contribution is -0.384. The molecule has 0 radical (unpaired) electrons. The normalized spacial score (nSPS) is 10.5. The number of ether oxygens (including phenoxy) is 1. The first-order valence-electron chi connectivity index (χ1n) is 5.87. The maximum atomic E-state index is 10.7. The summed E-state index contributed by atoms with van der Waals surface area (Å²) in [5.74, 6) is 0.444. The minimum absolute atomic E-state index is 0.00381. The van der Waals surface area contributed by atoms with Crippen LogP contribution in [0.4, 0.5) is 5.69 Å². The molecule has 1 aromatic carbocycles. The number of nitrogens with zero attached hydrogens (tertiary/aromatic N) is 1. The number of hydrogen-bond acceptors (Lipinski definition) is 4. The molecule has 104 valence electrons. The fourth-order valence-corrected chi connectivity index (χ4v) is 1.66. The van der Waals surface area contributed by atoms with Crippen molar-refractivity contribution in [3.63, 3.8) is 0 Å². The van der Waals surface area contributed by atoms with Crippen LogP contribution in [0.25, 0.3) is 0 Å². The molecule has 0 aromatic heterocycles. The Hall–Kier alpha value is -1.40. The van der Waals surface area contributed by atoms with Crippen molar-refractivity contribution in [2.24, 2.45) is 0 Å². The summed E-state index contributed by atoms with van der Waals surface area (Å²) < 4.78 is 6.21. The van der Waals surface area contributed by atoms with Gasteiger partial charge < -0.3 is 10.1 Å². The summed E-state index contributed by atoms with van der Waals surface area (Å²) in [7, 11) is 0. The highest BCUT2D eigenvalue weighted by Gasteiger charge is 2.10. The van der Waals surface area contributed by atoms with Crippen LogP contribution < -0.4 is 10.1 Å². The molecule has 0 aliphatic heterocycles. The Balaban J connectivity index is 2.59. The molecule has 0 aliphatic carbocycles. The van der Waals surface area contributed by atoms with Gasteiger partial charge in [-0.05, 0) is 27.6 Å². The van der Waals surface area contributed by atoms with E-state index in [0.717, 1.165) is 5.57 Å². The summed E-state index contributed by atoms with van der Waals surface area (Å²) in [6.45, 7) is 8.96. The number of halogens is 1. The first-order chi connectivity index (χ1) is 8.90. The quantitative estimate of drug-likeness (QED) is 0.474. The second-order valence-electron chi connectivity index (χ2n) is 4.45. The van der Waals surface area contributed by atoms with E-state index >= 15 is 0 Å². The maximum Gasteiger partial charge on any atom is 0.273 e. The van der Waals surface area contributed by atoms with Crippen LogP contribution in [0.3, 0.4) is 0 Å². The number of non-ortho nitro benzene ring substituents is 1. The molecule has 0 spiro atoms. The van der Waals surface area contributed by atoms with Crippen molar-refractivity contribution < 1.29 is 9.66 Å². The van der Waals surface area contributed by atoms with Gasteiger partial charge in [0.2, 0.25) is 0 Å². The summed E-state index contributed by atoms with van der Waals surface area (Å²) in [6.07, 6.45) is 0. The van der Waals surface area contributed by atoms with Crippen molar-refractivity contribution in [1.29, 1.82) is 0 Å². The topological polar surface area (TPSA) is 64.4 Å². The van der Waals surface area contributed by atoms with Crippen LogP contribution in [-0.4, -0.2) is 24.1 Å². The predicted molar refractivity (Wildman–Crippen MR) is 78.6 cm³/mol. The molecule has 0 saturated heterocycles. The molecule has 6 heteroatoms. The molecule has 0 amide bonds. The third-order valence-corrected chi connectivity index (χ3v) is 2.97. The van der Waals surface area contributed by atoms with Crippen molar-refractivity contribution in [3.05, 3.63) is 44.9 Å². The van der Waals surface area contributed by atoms with Crippen LogP contribution in [0.1, 0.15) is 13.8 Å². The van der Waals surface area contributed by atoms with Crippen molar-refractivity contribution >= 4 is 21.6 Å². The van der Waals surface area contributed by atoms with Crippen molar-refractivity contribution in [1.82, 2.24) is 5.32 Å². The van der Waals surface area contributed by atoms with E-state index in [9.17, 15) is 10.1 Å². The molecule has 0 heterocycles. The molecule has 0 unspecified atom stereocenters. The first kappa shape index (κ1) is 15.7. The van der Waals surface area contributed by atoms with Crippen molar-refractivity contribution in [3.8, 4) is 5.75 Å². The molecule has 0 fully saturated rings. The highest BCUT2D eigenvalue weighted by molar-refractivity contribution is 9.10. The number of nitro groups is 1. The van der Waals surface area contributed by atoms with E-state index in [2.05, 4.69) is 27.8 Å². The van der Waals surface area contributed by atoms with E-state index in [1.54, 1.807) is 6.07 Å². The third kappa shape index (κ3) is 5.40. The molecular weight excluding hydrogens is 312 g/mol. The van der Waals surface area contributed by atoms with E-state index in [1.807, 2.05) is 13.8 Å². The van der Waals surface area contributed by atoms with Crippen molar-refractivity contribution in [2.45, 2.75) is 19.9 Å². The monoisotopic (exact) mass is 328 g/mol. The zero-order valence-electron chi connectivity index (χ0n) is 11.0. The van der Waals surface area contributed by atoms with Crippen molar-refractivity contribution in [2.75, 3.05) is 13.2 Å². The highest BCUT2D eigenvalue weighted by atomic mass is 79.9. The van der Waals surface area contributed by atoms with Gasteiger partial charge in [-0.3, -0.25) is 10.1 Å². The lowest BCUT2D eigenvalue weighted by atomic mass is 10.3. The lowest BCUT2D eigenvalue weighted by Gasteiger charge is -2.12. The van der Waals surface area contributed by atoms with E-state index in [0.29, 0.717) is 29.4 Å². The number of nitrogens with one attached hydrogen (secondary N) is 1. The highest BCUT2D eigenvalue weighted by Crippen LogP contribution is 2.29. The SMILES string of the molecule is C=C(CNC(C)C)COc1cc([N+](=O)[O-])ccc1Br. The van der Waals surface area contributed by atoms with Gasteiger partial charge in [0.1, 0.15) is 12.4 Å². The summed E-state index contributed by atoms with van der Waals surface area (Å²) in [5.41, 5.74) is 0.885. The smallest absolute Gasteiger partial charge is 0.273 e. The number of nitro benzene ring substituents is 1. The molecule has 0 atom stereocenters. The summed E-state index contributed by atoms with van der Waals surface area (Å²) in [4.78, 5) is 10.2. The molecule has 0 aliphatic rings. The Morgan fingerprint density at radius 3 is 2.84 bits per heavy atom. The van der Waals surface area contributed by atoms with Gasteiger partial charge in [0.05, 0.1) is 15.5 Å². The van der Waals surface area contributed by atoms with Crippen LogP contribution in [-0.2, 0) is 0 Å². The van der Waals surface area contributed by atoms with Gasteiger partial charge in [-0.15, -0.1) is 0 Å². The number of rotatable bonds is 7. The van der Waals surface area contributed by atoms with Crippen LogP contribution in [0.5, 0.6) is 5.75 Å².